The van der Waals surface area contributed by atoms with Crippen molar-refractivity contribution in [2.75, 3.05) is 11.9 Å². The maximum atomic E-state index is 12.9. The molecule has 0 aromatic heterocycles. The molecule has 0 fully saturated rings. The van der Waals surface area contributed by atoms with E-state index in [1.165, 1.54) is 12.1 Å². The molecular formula is C19H20FNO3. The van der Waals surface area contributed by atoms with Gasteiger partial charge in [-0.1, -0.05) is 12.1 Å². The highest BCUT2D eigenvalue weighted by molar-refractivity contribution is 5.94. The zero-order chi connectivity index (χ0) is 17.1. The smallest absolute Gasteiger partial charge is 0.228 e. The lowest BCUT2D eigenvalue weighted by molar-refractivity contribution is -0.115. The Labute approximate surface area is 140 Å². The summed E-state index contributed by atoms with van der Waals surface area (Å²) >= 11 is 0. The van der Waals surface area contributed by atoms with E-state index in [9.17, 15) is 9.18 Å². The molecule has 1 amide bonds. The van der Waals surface area contributed by atoms with E-state index < -0.39 is 0 Å². The Morgan fingerprint density at radius 1 is 1.33 bits per heavy atom. The number of amides is 1. The molecule has 1 N–H and O–H groups in total. The van der Waals surface area contributed by atoms with Crippen LogP contribution in [0, 0.1) is 5.82 Å². The molecular weight excluding hydrogens is 309 g/mol. The lowest BCUT2D eigenvalue weighted by Gasteiger charge is -2.13. The third kappa shape index (κ3) is 3.67. The summed E-state index contributed by atoms with van der Waals surface area (Å²) in [6.45, 7) is 4.42. The molecule has 0 radical (unpaired) electrons. The number of rotatable bonds is 5. The van der Waals surface area contributed by atoms with Crippen LogP contribution in [0.2, 0.25) is 0 Å². The molecule has 0 bridgehead atoms. The van der Waals surface area contributed by atoms with E-state index in [0.29, 0.717) is 18.0 Å². The Kier molecular flexibility index (Phi) is 4.69. The topological polar surface area (TPSA) is 47.6 Å². The minimum Gasteiger partial charge on any atom is -0.492 e. The fraction of sp³-hybridized carbons (Fsp3) is 0.316. The van der Waals surface area contributed by atoms with Crippen LogP contribution in [0.5, 0.6) is 11.5 Å². The highest BCUT2D eigenvalue weighted by Crippen LogP contribution is 2.38. The van der Waals surface area contributed by atoms with Crippen LogP contribution in [-0.4, -0.2) is 18.6 Å². The second-order valence-corrected chi connectivity index (χ2v) is 5.87. The summed E-state index contributed by atoms with van der Waals surface area (Å²) < 4.78 is 24.3. The molecule has 1 aliphatic heterocycles. The number of anilines is 1. The van der Waals surface area contributed by atoms with E-state index in [-0.39, 0.29) is 24.2 Å². The summed E-state index contributed by atoms with van der Waals surface area (Å²) in [5.41, 5.74) is 2.43. The number of hydrogen-bond acceptors (Lipinski definition) is 3. The van der Waals surface area contributed by atoms with Crippen LogP contribution in [0.3, 0.4) is 0 Å². The third-order valence-corrected chi connectivity index (χ3v) is 3.85. The lowest BCUT2D eigenvalue weighted by atomic mass is 10.1. The van der Waals surface area contributed by atoms with Crippen molar-refractivity contribution < 1.29 is 18.7 Å². The molecule has 0 saturated carbocycles. The highest BCUT2D eigenvalue weighted by Gasteiger charge is 2.22. The summed E-state index contributed by atoms with van der Waals surface area (Å²) in [5, 5.41) is 2.87. The summed E-state index contributed by atoms with van der Waals surface area (Å²) in [5.74, 6) is 0.917. The molecule has 0 aliphatic carbocycles. The largest absolute Gasteiger partial charge is 0.492 e. The number of benzene rings is 2. The zero-order valence-corrected chi connectivity index (χ0v) is 13.8. The Balaban J connectivity index is 1.77. The average molecular weight is 329 g/mol. The van der Waals surface area contributed by atoms with Crippen LogP contribution in [0.25, 0.3) is 0 Å². The van der Waals surface area contributed by atoms with Crippen molar-refractivity contribution in [1.82, 2.24) is 0 Å². The monoisotopic (exact) mass is 329 g/mol. The number of carbonyl (C=O) groups excluding carboxylic acids is 1. The van der Waals surface area contributed by atoms with Crippen LogP contribution in [0.4, 0.5) is 10.1 Å². The predicted octanol–water partition coefficient (Wildman–Crippen LogP) is 3.73. The van der Waals surface area contributed by atoms with Crippen LogP contribution in [-0.2, 0) is 17.6 Å². The molecule has 2 aromatic rings. The van der Waals surface area contributed by atoms with Crippen molar-refractivity contribution >= 4 is 11.6 Å². The first-order valence-electron chi connectivity index (χ1n) is 8.06. The molecule has 4 nitrogen and oxygen atoms in total. The predicted molar refractivity (Wildman–Crippen MR) is 90.1 cm³/mol. The second-order valence-electron chi connectivity index (χ2n) is 5.87. The lowest BCUT2D eigenvalue weighted by Crippen LogP contribution is -2.15. The summed E-state index contributed by atoms with van der Waals surface area (Å²) in [6.07, 6.45) is 1.12. The molecule has 3 rings (SSSR count). The van der Waals surface area contributed by atoms with Crippen LogP contribution in [0.1, 0.15) is 25.0 Å². The van der Waals surface area contributed by atoms with Crippen molar-refractivity contribution in [1.29, 1.82) is 0 Å². The molecule has 0 unspecified atom stereocenters. The average Bonchev–Trinajstić information content (AvgIpc) is 2.89. The normalized spacial score (nSPS) is 15.5. The van der Waals surface area contributed by atoms with Gasteiger partial charge in [0, 0.05) is 18.1 Å². The molecule has 0 spiro atoms. The van der Waals surface area contributed by atoms with E-state index in [2.05, 4.69) is 5.32 Å². The van der Waals surface area contributed by atoms with Gasteiger partial charge in [-0.2, -0.15) is 0 Å². The summed E-state index contributed by atoms with van der Waals surface area (Å²) in [6, 6.07) is 9.64. The minimum atomic E-state index is -0.317. The maximum Gasteiger partial charge on any atom is 0.228 e. The standard InChI is InChI=1S/C19H20FNO3/c1-3-23-18-10-14-8-12(2)24-17(14)11-16(18)21-19(22)9-13-4-6-15(20)7-5-13/h4-7,10-12H,3,8-9H2,1-2H3,(H,21,22)/t12-/m0/s1. The van der Waals surface area contributed by atoms with E-state index in [1.54, 1.807) is 12.1 Å². The number of fused-ring (bicyclic) bond motifs is 1. The van der Waals surface area contributed by atoms with Crippen molar-refractivity contribution in [2.24, 2.45) is 0 Å². The van der Waals surface area contributed by atoms with Crippen molar-refractivity contribution in [3.8, 4) is 11.5 Å². The van der Waals surface area contributed by atoms with Crippen LogP contribution in [0.15, 0.2) is 36.4 Å². The van der Waals surface area contributed by atoms with Crippen LogP contribution >= 0.6 is 0 Å². The molecule has 1 aliphatic rings. The van der Waals surface area contributed by atoms with E-state index in [0.717, 1.165) is 23.3 Å². The van der Waals surface area contributed by atoms with Crippen LogP contribution < -0.4 is 14.8 Å². The first-order valence-corrected chi connectivity index (χ1v) is 8.06. The SMILES string of the molecule is CCOc1cc2c(cc1NC(=O)Cc1ccc(F)cc1)O[C@@H](C)C2. The van der Waals surface area contributed by atoms with Gasteiger partial charge < -0.3 is 14.8 Å². The Morgan fingerprint density at radius 3 is 2.79 bits per heavy atom. The van der Waals surface area contributed by atoms with Gasteiger partial charge in [0.25, 0.3) is 0 Å². The first-order chi connectivity index (χ1) is 11.5. The number of carbonyl (C=O) groups is 1. The fourth-order valence-electron chi connectivity index (χ4n) is 2.79. The number of hydrogen-bond donors (Lipinski definition) is 1. The third-order valence-electron chi connectivity index (χ3n) is 3.85. The molecule has 126 valence electrons. The number of ether oxygens (including phenoxy) is 2. The Hall–Kier alpha value is -2.56. The number of nitrogens with one attached hydrogen (secondary N) is 1. The van der Waals surface area contributed by atoms with Gasteiger partial charge in [0.15, 0.2) is 0 Å². The van der Waals surface area contributed by atoms with Gasteiger partial charge in [-0.15, -0.1) is 0 Å². The van der Waals surface area contributed by atoms with E-state index >= 15 is 0 Å². The first kappa shape index (κ1) is 16.3. The molecule has 2 aromatic carbocycles. The highest BCUT2D eigenvalue weighted by atomic mass is 19.1. The molecule has 5 heteroatoms. The van der Waals surface area contributed by atoms with Gasteiger partial charge in [0.1, 0.15) is 23.4 Å². The molecule has 24 heavy (non-hydrogen) atoms. The second kappa shape index (κ2) is 6.91. The van der Waals surface area contributed by atoms with E-state index in [4.69, 9.17) is 9.47 Å². The quantitative estimate of drug-likeness (QED) is 0.909. The number of halogens is 1. The van der Waals surface area contributed by atoms with Crippen molar-refractivity contribution in [3.63, 3.8) is 0 Å². The molecule has 1 atom stereocenters. The zero-order valence-electron chi connectivity index (χ0n) is 13.8. The van der Waals surface area contributed by atoms with Gasteiger partial charge in [-0.05, 0) is 37.6 Å². The summed E-state index contributed by atoms with van der Waals surface area (Å²) in [7, 11) is 0. The van der Waals surface area contributed by atoms with Crippen molar-refractivity contribution in [2.45, 2.75) is 32.8 Å². The fourth-order valence-corrected chi connectivity index (χ4v) is 2.79. The van der Waals surface area contributed by atoms with Gasteiger partial charge in [-0.3, -0.25) is 4.79 Å². The maximum absolute atomic E-state index is 12.9. The molecule has 0 saturated heterocycles. The minimum absolute atomic E-state index is 0.125. The van der Waals surface area contributed by atoms with E-state index in [1.807, 2.05) is 26.0 Å². The molecule has 1 heterocycles. The van der Waals surface area contributed by atoms with Gasteiger partial charge in [0.05, 0.1) is 18.7 Å². The Morgan fingerprint density at radius 2 is 2.08 bits per heavy atom. The summed E-state index contributed by atoms with van der Waals surface area (Å²) in [4.78, 5) is 12.3. The van der Waals surface area contributed by atoms with Gasteiger partial charge in [-0.25, -0.2) is 4.39 Å². The van der Waals surface area contributed by atoms with Crippen molar-refractivity contribution in [3.05, 3.63) is 53.3 Å². The Bertz CT molecular complexity index is 743. The van der Waals surface area contributed by atoms with Gasteiger partial charge >= 0.3 is 0 Å². The van der Waals surface area contributed by atoms with Gasteiger partial charge in [0.2, 0.25) is 5.91 Å².